The van der Waals surface area contributed by atoms with Crippen LogP contribution in [0, 0.1) is 0 Å². The zero-order valence-electron chi connectivity index (χ0n) is 18.3. The average Bonchev–Trinajstić information content (AvgIpc) is 3.49. The number of hydrogen-bond acceptors (Lipinski definition) is 6. The van der Waals surface area contributed by atoms with Crippen LogP contribution in [-0.2, 0) is 4.79 Å². The third kappa shape index (κ3) is 4.68. The average molecular weight is 485 g/mol. The van der Waals surface area contributed by atoms with Crippen LogP contribution in [0.25, 0.3) is 11.4 Å². The lowest BCUT2D eigenvalue weighted by atomic mass is 10.2. The Hall–Kier alpha value is -2.71. The van der Waals surface area contributed by atoms with Gasteiger partial charge in [0.15, 0.2) is 22.5 Å². The Morgan fingerprint density at radius 3 is 2.67 bits per heavy atom. The summed E-state index contributed by atoms with van der Waals surface area (Å²) in [6.07, 6.45) is 4.49. The van der Waals surface area contributed by atoms with Crippen LogP contribution in [0.2, 0.25) is 5.02 Å². The van der Waals surface area contributed by atoms with Crippen LogP contribution in [0.3, 0.4) is 0 Å². The fraction of sp³-hybridized carbons (Fsp3) is 0.375. The molecule has 1 N–H and O–H groups in total. The second-order valence-corrected chi connectivity index (χ2v) is 9.92. The number of nitrogens with one attached hydrogen (secondary N) is 1. The Morgan fingerprint density at radius 2 is 1.88 bits per heavy atom. The molecule has 3 aromatic rings. The first kappa shape index (κ1) is 22.1. The maximum absolute atomic E-state index is 13.0. The van der Waals surface area contributed by atoms with Gasteiger partial charge in [0, 0.05) is 23.4 Å². The van der Waals surface area contributed by atoms with Crippen molar-refractivity contribution in [3.05, 3.63) is 47.5 Å². The highest BCUT2D eigenvalue weighted by Crippen LogP contribution is 2.39. The summed E-state index contributed by atoms with van der Waals surface area (Å²) in [7, 11) is 0. The topological polar surface area (TPSA) is 78.3 Å². The van der Waals surface area contributed by atoms with Gasteiger partial charge in [-0.15, -0.1) is 10.2 Å². The molecule has 2 aromatic carbocycles. The molecule has 7 nitrogen and oxygen atoms in total. The minimum absolute atomic E-state index is 0.114. The molecule has 2 heterocycles. The molecule has 0 radical (unpaired) electrons. The highest BCUT2D eigenvalue weighted by Gasteiger charge is 2.28. The van der Waals surface area contributed by atoms with Gasteiger partial charge in [-0.25, -0.2) is 0 Å². The SMILES string of the molecule is C[C@@H](Sc1nnc(-c2ccccc2Cl)n1C1CCCC1)C(=O)Nc1ccc2c(c1)OCCO2. The maximum Gasteiger partial charge on any atom is 0.237 e. The van der Waals surface area contributed by atoms with E-state index in [1.807, 2.05) is 43.3 Å². The number of ether oxygens (including phenoxy) is 2. The van der Waals surface area contributed by atoms with Gasteiger partial charge in [-0.05, 0) is 44.0 Å². The smallest absolute Gasteiger partial charge is 0.237 e. The molecule has 1 aromatic heterocycles. The Bertz CT molecular complexity index is 1160. The summed E-state index contributed by atoms with van der Waals surface area (Å²) in [5, 5.41) is 12.9. The molecule has 1 fully saturated rings. The maximum atomic E-state index is 13.0. The molecule has 1 atom stereocenters. The minimum Gasteiger partial charge on any atom is -0.486 e. The summed E-state index contributed by atoms with van der Waals surface area (Å²) in [6.45, 7) is 2.91. The van der Waals surface area contributed by atoms with Crippen molar-refractivity contribution in [1.29, 1.82) is 0 Å². The second kappa shape index (κ2) is 9.65. The van der Waals surface area contributed by atoms with E-state index in [-0.39, 0.29) is 11.2 Å². The highest BCUT2D eigenvalue weighted by molar-refractivity contribution is 8.00. The molecule has 33 heavy (non-hydrogen) atoms. The summed E-state index contributed by atoms with van der Waals surface area (Å²) < 4.78 is 13.3. The number of thioether (sulfide) groups is 1. The summed E-state index contributed by atoms with van der Waals surface area (Å²) in [4.78, 5) is 13.0. The fourth-order valence-electron chi connectivity index (χ4n) is 4.25. The number of nitrogens with zero attached hydrogens (tertiary/aromatic N) is 3. The van der Waals surface area contributed by atoms with Gasteiger partial charge in [0.2, 0.25) is 5.91 Å². The van der Waals surface area contributed by atoms with Gasteiger partial charge in [0.1, 0.15) is 13.2 Å². The standard InChI is InChI=1S/C24H25ClN4O3S/c1-15(23(30)26-16-10-11-20-21(14-16)32-13-12-31-20)33-24-28-27-22(18-8-4-5-9-19(18)25)29(24)17-6-2-3-7-17/h4-5,8-11,14-15,17H,2-3,6-7,12-13H2,1H3,(H,26,30)/t15-/m1/s1. The van der Waals surface area contributed by atoms with E-state index < -0.39 is 0 Å². The van der Waals surface area contributed by atoms with Gasteiger partial charge in [-0.3, -0.25) is 9.36 Å². The Kier molecular flexibility index (Phi) is 6.46. The van der Waals surface area contributed by atoms with E-state index in [1.165, 1.54) is 24.6 Å². The molecule has 1 saturated carbocycles. The molecule has 9 heteroatoms. The van der Waals surface area contributed by atoms with E-state index in [1.54, 1.807) is 6.07 Å². The van der Waals surface area contributed by atoms with Crippen LogP contribution in [0.4, 0.5) is 5.69 Å². The van der Waals surface area contributed by atoms with E-state index in [0.29, 0.717) is 41.5 Å². The van der Waals surface area contributed by atoms with Crippen LogP contribution in [0.15, 0.2) is 47.6 Å². The quantitative estimate of drug-likeness (QED) is 0.458. The van der Waals surface area contributed by atoms with Crippen LogP contribution in [-0.4, -0.2) is 39.1 Å². The van der Waals surface area contributed by atoms with Crippen molar-refractivity contribution in [2.45, 2.75) is 49.1 Å². The molecule has 0 bridgehead atoms. The molecule has 0 saturated heterocycles. The third-order valence-corrected chi connectivity index (χ3v) is 7.32. The first-order valence-electron chi connectivity index (χ1n) is 11.2. The lowest BCUT2D eigenvalue weighted by molar-refractivity contribution is -0.115. The van der Waals surface area contributed by atoms with Gasteiger partial charge in [-0.2, -0.15) is 0 Å². The van der Waals surface area contributed by atoms with Gasteiger partial charge in [-0.1, -0.05) is 48.3 Å². The number of carbonyl (C=O) groups excluding carboxylic acids is 1. The molecular weight excluding hydrogens is 460 g/mol. The summed E-state index contributed by atoms with van der Waals surface area (Å²) in [6, 6.07) is 13.4. The molecule has 1 aliphatic carbocycles. The number of aromatic nitrogens is 3. The van der Waals surface area contributed by atoms with Crippen LogP contribution >= 0.6 is 23.4 Å². The third-order valence-electron chi connectivity index (χ3n) is 5.93. The molecule has 0 unspecified atom stereocenters. The number of rotatable bonds is 6. The predicted molar refractivity (Wildman–Crippen MR) is 129 cm³/mol. The zero-order chi connectivity index (χ0) is 22.8. The highest BCUT2D eigenvalue weighted by atomic mass is 35.5. The molecular formula is C24H25ClN4O3S. The van der Waals surface area contributed by atoms with E-state index in [0.717, 1.165) is 29.4 Å². The van der Waals surface area contributed by atoms with Crippen LogP contribution in [0.1, 0.15) is 38.6 Å². The van der Waals surface area contributed by atoms with Crippen molar-refractivity contribution < 1.29 is 14.3 Å². The summed E-state index contributed by atoms with van der Waals surface area (Å²) >= 11 is 7.89. The van der Waals surface area contributed by atoms with Crippen molar-refractivity contribution in [3.8, 4) is 22.9 Å². The first-order chi connectivity index (χ1) is 16.1. The van der Waals surface area contributed by atoms with E-state index in [9.17, 15) is 4.79 Å². The second-order valence-electron chi connectivity index (χ2n) is 8.20. The molecule has 5 rings (SSSR count). The number of amides is 1. The summed E-state index contributed by atoms with van der Waals surface area (Å²) in [5.74, 6) is 1.98. The molecule has 0 spiro atoms. The van der Waals surface area contributed by atoms with Crippen molar-refractivity contribution in [1.82, 2.24) is 14.8 Å². The Morgan fingerprint density at radius 1 is 1.12 bits per heavy atom. The fourth-order valence-corrected chi connectivity index (χ4v) is 5.39. The first-order valence-corrected chi connectivity index (χ1v) is 12.4. The number of anilines is 1. The molecule has 1 amide bonds. The van der Waals surface area contributed by atoms with E-state index >= 15 is 0 Å². The minimum atomic E-state index is -0.373. The number of carbonyl (C=O) groups is 1. The molecule has 172 valence electrons. The van der Waals surface area contributed by atoms with E-state index in [2.05, 4.69) is 20.1 Å². The molecule has 1 aliphatic heterocycles. The van der Waals surface area contributed by atoms with Crippen molar-refractivity contribution in [2.75, 3.05) is 18.5 Å². The van der Waals surface area contributed by atoms with Crippen molar-refractivity contribution in [2.24, 2.45) is 0 Å². The number of benzene rings is 2. The molecule has 2 aliphatic rings. The van der Waals surface area contributed by atoms with Crippen LogP contribution < -0.4 is 14.8 Å². The largest absolute Gasteiger partial charge is 0.486 e. The zero-order valence-corrected chi connectivity index (χ0v) is 19.9. The lowest BCUT2D eigenvalue weighted by Crippen LogP contribution is -2.23. The van der Waals surface area contributed by atoms with Gasteiger partial charge < -0.3 is 14.8 Å². The number of hydrogen-bond donors (Lipinski definition) is 1. The van der Waals surface area contributed by atoms with Gasteiger partial charge >= 0.3 is 0 Å². The van der Waals surface area contributed by atoms with E-state index in [4.69, 9.17) is 21.1 Å². The Labute approximate surface area is 201 Å². The normalized spacial score (nSPS) is 16.5. The monoisotopic (exact) mass is 484 g/mol. The van der Waals surface area contributed by atoms with Crippen LogP contribution in [0.5, 0.6) is 11.5 Å². The lowest BCUT2D eigenvalue weighted by Gasteiger charge is -2.20. The summed E-state index contributed by atoms with van der Waals surface area (Å²) in [5.41, 5.74) is 1.53. The van der Waals surface area contributed by atoms with Crippen molar-refractivity contribution >= 4 is 35.0 Å². The number of fused-ring (bicyclic) bond motifs is 1. The van der Waals surface area contributed by atoms with Gasteiger partial charge in [0.05, 0.1) is 10.3 Å². The number of halogens is 1. The Balaban J connectivity index is 1.36. The van der Waals surface area contributed by atoms with Crippen molar-refractivity contribution in [3.63, 3.8) is 0 Å². The predicted octanol–water partition coefficient (Wildman–Crippen LogP) is 5.60. The van der Waals surface area contributed by atoms with Gasteiger partial charge in [0.25, 0.3) is 0 Å².